The second-order valence-corrected chi connectivity index (χ2v) is 7.31. The van der Waals surface area contributed by atoms with Crippen LogP contribution in [-0.2, 0) is 0 Å². The fourth-order valence-corrected chi connectivity index (χ4v) is 3.38. The molecule has 2 heterocycles. The van der Waals surface area contributed by atoms with E-state index in [9.17, 15) is 5.26 Å². The van der Waals surface area contributed by atoms with Gasteiger partial charge in [0.2, 0.25) is 0 Å². The highest BCUT2D eigenvalue weighted by Gasteiger charge is 2.13. The number of hydrogen-bond acceptors (Lipinski definition) is 5. The van der Waals surface area contributed by atoms with Gasteiger partial charge in [0.15, 0.2) is 0 Å². The van der Waals surface area contributed by atoms with E-state index in [1.807, 2.05) is 42.5 Å². The summed E-state index contributed by atoms with van der Waals surface area (Å²) in [5, 5.41) is 9.59. The Hall–Kier alpha value is -3.39. The van der Waals surface area contributed by atoms with E-state index in [2.05, 4.69) is 23.0 Å². The lowest BCUT2D eigenvalue weighted by atomic mass is 9.99. The SMILES string of the molecule is CCCCCCCCOc1ccc(-c2cc(-c3cccnc3)nc(N)c2C#N)cc1. The van der Waals surface area contributed by atoms with Crippen molar-refractivity contribution in [1.29, 1.82) is 5.26 Å². The third kappa shape index (κ3) is 5.57. The van der Waals surface area contributed by atoms with Gasteiger partial charge < -0.3 is 10.5 Å². The predicted molar refractivity (Wildman–Crippen MR) is 121 cm³/mol. The molecule has 0 aliphatic rings. The topological polar surface area (TPSA) is 84.8 Å². The van der Waals surface area contributed by atoms with Crippen molar-refractivity contribution in [2.75, 3.05) is 12.3 Å². The van der Waals surface area contributed by atoms with Crippen molar-refractivity contribution in [3.8, 4) is 34.2 Å². The molecule has 2 N–H and O–H groups in total. The number of unbranched alkanes of at least 4 members (excludes halogenated alkanes) is 5. The van der Waals surface area contributed by atoms with Crippen LogP contribution < -0.4 is 10.5 Å². The summed E-state index contributed by atoms with van der Waals surface area (Å²) in [6.45, 7) is 2.95. The van der Waals surface area contributed by atoms with Crippen LogP contribution in [0.2, 0.25) is 0 Å². The largest absolute Gasteiger partial charge is 0.494 e. The van der Waals surface area contributed by atoms with Crippen LogP contribution in [-0.4, -0.2) is 16.6 Å². The first-order chi connectivity index (χ1) is 14.7. The molecule has 5 nitrogen and oxygen atoms in total. The Morgan fingerprint density at radius 3 is 2.47 bits per heavy atom. The van der Waals surface area contributed by atoms with Crippen molar-refractivity contribution in [2.45, 2.75) is 45.4 Å². The molecular weight excluding hydrogens is 372 g/mol. The van der Waals surface area contributed by atoms with Crippen LogP contribution in [0.1, 0.15) is 51.0 Å². The van der Waals surface area contributed by atoms with Crippen molar-refractivity contribution in [3.05, 3.63) is 60.4 Å². The molecule has 2 aromatic heterocycles. The molecule has 0 saturated carbocycles. The first-order valence-corrected chi connectivity index (χ1v) is 10.6. The number of ether oxygens (including phenoxy) is 1. The van der Waals surface area contributed by atoms with Gasteiger partial charge >= 0.3 is 0 Å². The molecule has 3 aromatic rings. The number of nitrogens with zero attached hydrogens (tertiary/aromatic N) is 3. The summed E-state index contributed by atoms with van der Waals surface area (Å²) in [6.07, 6.45) is 10.9. The molecule has 0 aliphatic heterocycles. The third-order valence-corrected chi connectivity index (χ3v) is 5.05. The number of nitrogens with two attached hydrogens (primary N) is 1. The number of anilines is 1. The van der Waals surface area contributed by atoms with E-state index in [-0.39, 0.29) is 5.82 Å². The molecule has 0 saturated heterocycles. The number of nitrogen functional groups attached to an aromatic ring is 1. The second kappa shape index (κ2) is 11.0. The summed E-state index contributed by atoms with van der Waals surface area (Å²) >= 11 is 0. The molecular formula is C25H28N4O. The van der Waals surface area contributed by atoms with Crippen LogP contribution in [0.4, 0.5) is 5.82 Å². The number of benzene rings is 1. The number of hydrogen-bond donors (Lipinski definition) is 1. The molecule has 0 amide bonds. The molecule has 0 bridgehead atoms. The van der Waals surface area contributed by atoms with Crippen LogP contribution in [0.25, 0.3) is 22.4 Å². The first kappa shape index (κ1) is 21.3. The predicted octanol–water partition coefficient (Wildman–Crippen LogP) is 6.00. The highest BCUT2D eigenvalue weighted by atomic mass is 16.5. The van der Waals surface area contributed by atoms with Gasteiger partial charge in [-0.2, -0.15) is 5.26 Å². The van der Waals surface area contributed by atoms with Crippen molar-refractivity contribution in [3.63, 3.8) is 0 Å². The van der Waals surface area contributed by atoms with Crippen molar-refractivity contribution >= 4 is 5.82 Å². The quantitative estimate of drug-likeness (QED) is 0.422. The van der Waals surface area contributed by atoms with E-state index in [0.717, 1.165) is 35.5 Å². The maximum atomic E-state index is 9.59. The smallest absolute Gasteiger partial charge is 0.142 e. The molecule has 0 spiro atoms. The summed E-state index contributed by atoms with van der Waals surface area (Å²) in [4.78, 5) is 8.53. The third-order valence-electron chi connectivity index (χ3n) is 5.05. The fraction of sp³-hybridized carbons (Fsp3) is 0.320. The lowest BCUT2D eigenvalue weighted by Gasteiger charge is -2.11. The van der Waals surface area contributed by atoms with Gasteiger partial charge in [-0.15, -0.1) is 0 Å². The molecule has 154 valence electrons. The van der Waals surface area contributed by atoms with Crippen LogP contribution >= 0.6 is 0 Å². The van der Waals surface area contributed by atoms with Gasteiger partial charge in [-0.1, -0.05) is 51.2 Å². The van der Waals surface area contributed by atoms with Gasteiger partial charge in [-0.3, -0.25) is 4.98 Å². The second-order valence-electron chi connectivity index (χ2n) is 7.31. The van der Waals surface area contributed by atoms with E-state index >= 15 is 0 Å². The first-order valence-electron chi connectivity index (χ1n) is 10.6. The van der Waals surface area contributed by atoms with Gasteiger partial charge in [0.1, 0.15) is 23.2 Å². The Balaban J connectivity index is 1.71. The zero-order valence-corrected chi connectivity index (χ0v) is 17.5. The average Bonchev–Trinajstić information content (AvgIpc) is 2.79. The minimum atomic E-state index is 0.220. The highest BCUT2D eigenvalue weighted by molar-refractivity contribution is 5.80. The fourth-order valence-electron chi connectivity index (χ4n) is 3.38. The summed E-state index contributed by atoms with van der Waals surface area (Å²) < 4.78 is 5.87. The van der Waals surface area contributed by atoms with E-state index in [4.69, 9.17) is 10.5 Å². The van der Waals surface area contributed by atoms with Gasteiger partial charge in [0, 0.05) is 23.5 Å². The van der Waals surface area contributed by atoms with Crippen LogP contribution in [0.5, 0.6) is 5.75 Å². The Kier molecular flexibility index (Phi) is 7.79. The molecule has 30 heavy (non-hydrogen) atoms. The Bertz CT molecular complexity index is 979. The Morgan fingerprint density at radius 1 is 1.00 bits per heavy atom. The standard InChI is InChI=1S/C25H28N4O/c1-2-3-4-5-6-7-15-30-21-12-10-19(11-13-21)22-16-24(20-9-8-14-28-18-20)29-25(27)23(22)17-26/h8-14,16,18H,2-7,15H2,1H3,(H2,27,29). The lowest BCUT2D eigenvalue weighted by Crippen LogP contribution is -2.00. The molecule has 3 rings (SSSR count). The number of nitriles is 1. The molecule has 1 aromatic carbocycles. The van der Waals surface area contributed by atoms with Crippen LogP contribution in [0, 0.1) is 11.3 Å². The van der Waals surface area contributed by atoms with Crippen LogP contribution in [0.3, 0.4) is 0 Å². The van der Waals surface area contributed by atoms with E-state index in [1.165, 1.54) is 32.1 Å². The van der Waals surface area contributed by atoms with E-state index in [1.54, 1.807) is 12.4 Å². The van der Waals surface area contributed by atoms with E-state index < -0.39 is 0 Å². The Morgan fingerprint density at radius 2 is 1.77 bits per heavy atom. The summed E-state index contributed by atoms with van der Waals surface area (Å²) in [5.74, 6) is 1.05. The Labute approximate surface area is 178 Å². The van der Waals surface area contributed by atoms with Crippen molar-refractivity contribution in [2.24, 2.45) is 0 Å². The molecule has 0 fully saturated rings. The highest BCUT2D eigenvalue weighted by Crippen LogP contribution is 2.31. The maximum Gasteiger partial charge on any atom is 0.142 e. The van der Waals surface area contributed by atoms with Gasteiger partial charge in [-0.25, -0.2) is 4.98 Å². The summed E-state index contributed by atoms with van der Waals surface area (Å²) in [6, 6.07) is 15.6. The average molecular weight is 401 g/mol. The van der Waals surface area contributed by atoms with Gasteiger partial charge in [0.05, 0.1) is 12.3 Å². The van der Waals surface area contributed by atoms with E-state index in [0.29, 0.717) is 11.3 Å². The van der Waals surface area contributed by atoms with Gasteiger partial charge in [0.25, 0.3) is 0 Å². The molecule has 5 heteroatoms. The minimum Gasteiger partial charge on any atom is -0.494 e. The van der Waals surface area contributed by atoms with Crippen molar-refractivity contribution < 1.29 is 4.74 Å². The van der Waals surface area contributed by atoms with Crippen molar-refractivity contribution in [1.82, 2.24) is 9.97 Å². The number of aromatic nitrogens is 2. The zero-order valence-electron chi connectivity index (χ0n) is 17.5. The molecule has 0 unspecified atom stereocenters. The lowest BCUT2D eigenvalue weighted by molar-refractivity contribution is 0.304. The molecule has 0 atom stereocenters. The normalized spacial score (nSPS) is 10.5. The zero-order chi connectivity index (χ0) is 21.2. The van der Waals surface area contributed by atoms with Crippen LogP contribution in [0.15, 0.2) is 54.9 Å². The van der Waals surface area contributed by atoms with Gasteiger partial charge in [-0.05, 0) is 42.3 Å². The minimum absolute atomic E-state index is 0.220. The number of pyridine rings is 2. The summed E-state index contributed by atoms with van der Waals surface area (Å²) in [7, 11) is 0. The maximum absolute atomic E-state index is 9.59. The molecule has 0 radical (unpaired) electrons. The molecule has 0 aliphatic carbocycles. The summed E-state index contributed by atoms with van der Waals surface area (Å²) in [5.41, 5.74) is 9.67. The number of rotatable bonds is 10. The monoisotopic (exact) mass is 400 g/mol.